The van der Waals surface area contributed by atoms with E-state index >= 15 is 0 Å². The van der Waals surface area contributed by atoms with Gasteiger partial charge in [-0.1, -0.05) is 60.3 Å². The number of nitrogens with zero attached hydrogens (tertiary/aromatic N) is 5. The number of halogens is 1. The van der Waals surface area contributed by atoms with Crippen LogP contribution in [-0.2, 0) is 17.1 Å². The lowest BCUT2D eigenvalue weighted by atomic mass is 10.2. The minimum absolute atomic E-state index is 0.187. The van der Waals surface area contributed by atoms with E-state index in [1.165, 1.54) is 41.0 Å². The molecule has 162 valence electrons. The van der Waals surface area contributed by atoms with E-state index in [1.807, 2.05) is 40.3 Å². The second kappa shape index (κ2) is 9.88. The number of carbonyl (C=O) groups excluding carboxylic acids is 1. The maximum absolute atomic E-state index is 14.3. The zero-order chi connectivity index (χ0) is 22.5. The summed E-state index contributed by atoms with van der Waals surface area (Å²) in [5.41, 5.74) is 1.94. The molecule has 4 rings (SSSR count). The maximum atomic E-state index is 14.3. The van der Waals surface area contributed by atoms with Crippen LogP contribution in [0, 0.1) is 5.82 Å². The van der Waals surface area contributed by atoms with Gasteiger partial charge in [-0.3, -0.25) is 14.3 Å². The molecule has 2 heterocycles. The molecule has 0 spiro atoms. The number of benzene rings is 2. The standard InChI is InChI=1S/C23H20FN5OS2/c1-3-13-28-21(17-9-5-4-6-10-17)26-27-23(28)32-15-18-14-31-22(25-18)29(16(2)30)20-12-8-7-11-19(20)24/h3-12,14H,1,13,15H2,2H3. The van der Waals surface area contributed by atoms with Gasteiger partial charge in [-0.25, -0.2) is 9.37 Å². The van der Waals surface area contributed by atoms with Crippen LogP contribution < -0.4 is 4.90 Å². The Bertz CT molecular complexity index is 1240. The van der Waals surface area contributed by atoms with E-state index in [-0.39, 0.29) is 11.6 Å². The van der Waals surface area contributed by atoms with Crippen molar-refractivity contribution in [3.05, 3.63) is 84.1 Å². The first-order chi connectivity index (χ1) is 15.6. The highest BCUT2D eigenvalue weighted by Crippen LogP contribution is 2.33. The molecule has 0 saturated heterocycles. The maximum Gasteiger partial charge on any atom is 0.230 e. The van der Waals surface area contributed by atoms with Gasteiger partial charge in [-0.2, -0.15) is 0 Å². The number of para-hydroxylation sites is 1. The molecule has 0 bridgehead atoms. The summed E-state index contributed by atoms with van der Waals surface area (Å²) in [6.07, 6.45) is 1.81. The fourth-order valence-corrected chi connectivity index (χ4v) is 4.96. The SMILES string of the molecule is C=CCn1c(SCc2csc(N(C(C)=O)c3ccccc3F)n2)nnc1-c1ccccc1. The quantitative estimate of drug-likeness (QED) is 0.247. The lowest BCUT2D eigenvalue weighted by molar-refractivity contribution is -0.115. The third kappa shape index (κ3) is 4.63. The first kappa shape index (κ1) is 21.9. The predicted molar refractivity (Wildman–Crippen MR) is 127 cm³/mol. The summed E-state index contributed by atoms with van der Waals surface area (Å²) >= 11 is 2.79. The number of thiazole rings is 1. The number of aromatic nitrogens is 4. The number of thioether (sulfide) groups is 1. The van der Waals surface area contributed by atoms with Gasteiger partial charge in [-0.05, 0) is 12.1 Å². The molecule has 0 aliphatic carbocycles. The topological polar surface area (TPSA) is 63.9 Å². The van der Waals surface area contributed by atoms with E-state index < -0.39 is 5.82 Å². The van der Waals surface area contributed by atoms with Crippen molar-refractivity contribution in [2.75, 3.05) is 4.90 Å². The smallest absolute Gasteiger partial charge is 0.230 e. The van der Waals surface area contributed by atoms with Crippen LogP contribution in [0.15, 0.2) is 77.8 Å². The number of allylic oxidation sites excluding steroid dienone is 1. The fourth-order valence-electron chi connectivity index (χ4n) is 3.13. The average Bonchev–Trinajstić information content (AvgIpc) is 3.42. The summed E-state index contributed by atoms with van der Waals surface area (Å²) in [5, 5.41) is 11.7. The molecule has 1 amide bonds. The Kier molecular flexibility index (Phi) is 6.77. The van der Waals surface area contributed by atoms with Crippen molar-refractivity contribution >= 4 is 39.8 Å². The molecule has 2 aromatic heterocycles. The number of amides is 1. The zero-order valence-electron chi connectivity index (χ0n) is 17.3. The summed E-state index contributed by atoms with van der Waals surface area (Å²) in [6.45, 7) is 5.81. The number of anilines is 2. The van der Waals surface area contributed by atoms with Crippen LogP contribution in [0.3, 0.4) is 0 Å². The van der Waals surface area contributed by atoms with E-state index in [9.17, 15) is 9.18 Å². The lowest BCUT2D eigenvalue weighted by Crippen LogP contribution is -2.23. The van der Waals surface area contributed by atoms with Gasteiger partial charge in [0, 0.05) is 30.2 Å². The van der Waals surface area contributed by atoms with Crippen molar-refractivity contribution in [3.63, 3.8) is 0 Å². The molecule has 4 aromatic rings. The van der Waals surface area contributed by atoms with E-state index in [0.29, 0.717) is 17.4 Å². The predicted octanol–water partition coefficient (Wildman–Crippen LogP) is 5.70. The van der Waals surface area contributed by atoms with Gasteiger partial charge in [0.15, 0.2) is 16.1 Å². The van der Waals surface area contributed by atoms with Crippen molar-refractivity contribution in [1.82, 2.24) is 19.7 Å². The minimum atomic E-state index is -0.472. The number of carbonyl (C=O) groups is 1. The zero-order valence-corrected chi connectivity index (χ0v) is 18.9. The largest absolute Gasteiger partial charge is 0.298 e. The Morgan fingerprint density at radius 3 is 2.66 bits per heavy atom. The minimum Gasteiger partial charge on any atom is -0.298 e. The third-order valence-corrected chi connectivity index (χ3v) is 6.42. The van der Waals surface area contributed by atoms with Crippen LogP contribution in [0.25, 0.3) is 11.4 Å². The van der Waals surface area contributed by atoms with Crippen molar-refractivity contribution in [3.8, 4) is 11.4 Å². The van der Waals surface area contributed by atoms with Gasteiger partial charge in [0.05, 0.1) is 11.4 Å². The van der Waals surface area contributed by atoms with Crippen LogP contribution in [0.4, 0.5) is 15.2 Å². The highest BCUT2D eigenvalue weighted by Gasteiger charge is 2.21. The molecule has 0 N–H and O–H groups in total. The normalized spacial score (nSPS) is 10.8. The van der Waals surface area contributed by atoms with E-state index in [1.54, 1.807) is 24.3 Å². The summed E-state index contributed by atoms with van der Waals surface area (Å²) in [5.74, 6) is 0.528. The van der Waals surface area contributed by atoms with E-state index in [0.717, 1.165) is 22.2 Å². The molecule has 0 aliphatic heterocycles. The Labute approximate surface area is 193 Å². The second-order valence-electron chi connectivity index (χ2n) is 6.79. The summed E-state index contributed by atoms with van der Waals surface area (Å²) in [6, 6.07) is 16.0. The van der Waals surface area contributed by atoms with E-state index in [2.05, 4.69) is 21.8 Å². The fraction of sp³-hybridized carbons (Fsp3) is 0.130. The molecular weight excluding hydrogens is 445 g/mol. The van der Waals surface area contributed by atoms with Crippen molar-refractivity contribution < 1.29 is 9.18 Å². The van der Waals surface area contributed by atoms with Crippen molar-refractivity contribution in [1.29, 1.82) is 0 Å². The summed E-state index contributed by atoms with van der Waals surface area (Å²) in [4.78, 5) is 18.1. The monoisotopic (exact) mass is 465 g/mol. The van der Waals surface area contributed by atoms with Gasteiger partial charge < -0.3 is 0 Å². The van der Waals surface area contributed by atoms with Gasteiger partial charge in [0.2, 0.25) is 5.91 Å². The van der Waals surface area contributed by atoms with Crippen LogP contribution >= 0.6 is 23.1 Å². The summed E-state index contributed by atoms with van der Waals surface area (Å²) < 4.78 is 16.3. The number of hydrogen-bond acceptors (Lipinski definition) is 6. The molecule has 0 radical (unpaired) electrons. The van der Waals surface area contributed by atoms with Gasteiger partial charge >= 0.3 is 0 Å². The average molecular weight is 466 g/mol. The lowest BCUT2D eigenvalue weighted by Gasteiger charge is -2.18. The van der Waals surface area contributed by atoms with Gasteiger partial charge in [-0.15, -0.1) is 28.1 Å². The van der Waals surface area contributed by atoms with Crippen LogP contribution in [0.2, 0.25) is 0 Å². The van der Waals surface area contributed by atoms with Crippen LogP contribution in [-0.4, -0.2) is 25.7 Å². The summed E-state index contributed by atoms with van der Waals surface area (Å²) in [7, 11) is 0. The van der Waals surface area contributed by atoms with Crippen LogP contribution in [0.5, 0.6) is 0 Å². The molecule has 6 nitrogen and oxygen atoms in total. The third-order valence-electron chi connectivity index (χ3n) is 4.55. The van der Waals surface area contributed by atoms with Crippen molar-refractivity contribution in [2.45, 2.75) is 24.4 Å². The molecule has 0 fully saturated rings. The Morgan fingerprint density at radius 2 is 1.94 bits per heavy atom. The molecule has 32 heavy (non-hydrogen) atoms. The number of hydrogen-bond donors (Lipinski definition) is 0. The molecular formula is C23H20FN5OS2. The molecule has 0 saturated carbocycles. The Balaban J connectivity index is 1.55. The van der Waals surface area contributed by atoms with Gasteiger partial charge in [0.25, 0.3) is 0 Å². The first-order valence-electron chi connectivity index (χ1n) is 9.80. The van der Waals surface area contributed by atoms with Crippen molar-refractivity contribution in [2.24, 2.45) is 0 Å². The molecule has 0 aliphatic rings. The highest BCUT2D eigenvalue weighted by atomic mass is 32.2. The van der Waals surface area contributed by atoms with E-state index in [4.69, 9.17) is 0 Å². The van der Waals surface area contributed by atoms with Crippen LogP contribution in [0.1, 0.15) is 12.6 Å². The molecule has 0 unspecified atom stereocenters. The Hall–Kier alpha value is -3.30. The van der Waals surface area contributed by atoms with Gasteiger partial charge in [0.1, 0.15) is 5.82 Å². The number of rotatable bonds is 8. The highest BCUT2D eigenvalue weighted by molar-refractivity contribution is 7.98. The second-order valence-corrected chi connectivity index (χ2v) is 8.57. The molecule has 2 aromatic carbocycles. The molecule has 0 atom stereocenters. The molecule has 9 heteroatoms. The Morgan fingerprint density at radius 1 is 1.19 bits per heavy atom. The first-order valence-corrected chi connectivity index (χ1v) is 11.7.